The summed E-state index contributed by atoms with van der Waals surface area (Å²) < 4.78 is 15.6. The molecule has 3 rings (SSSR count). The van der Waals surface area contributed by atoms with Crippen LogP contribution in [0.2, 0.25) is 0 Å². The molecule has 6 nitrogen and oxygen atoms in total. The lowest BCUT2D eigenvalue weighted by Crippen LogP contribution is -2.25. The van der Waals surface area contributed by atoms with Gasteiger partial charge in [0.15, 0.2) is 12.0 Å². The van der Waals surface area contributed by atoms with Gasteiger partial charge in [0.25, 0.3) is 5.91 Å². The second-order valence-corrected chi connectivity index (χ2v) is 5.26. The normalized spacial score (nSPS) is 10.6. The van der Waals surface area contributed by atoms with E-state index in [4.69, 9.17) is 13.9 Å². The molecule has 0 unspecified atom stereocenters. The Morgan fingerprint density at radius 2 is 1.88 bits per heavy atom. The van der Waals surface area contributed by atoms with Crippen LogP contribution in [0, 0.1) is 0 Å². The summed E-state index contributed by atoms with van der Waals surface area (Å²) in [5, 5.41) is 2.90. The fourth-order valence-electron chi connectivity index (χ4n) is 2.42. The number of hydrogen-bond acceptors (Lipinski definition) is 5. The molecule has 0 fully saturated rings. The van der Waals surface area contributed by atoms with Crippen LogP contribution in [0.25, 0.3) is 11.1 Å². The number of oxazole rings is 1. The number of amides is 1. The molecule has 0 saturated carbocycles. The minimum absolute atomic E-state index is 0.173. The van der Waals surface area contributed by atoms with Gasteiger partial charge >= 0.3 is 0 Å². The molecule has 0 aliphatic carbocycles. The molecule has 1 heterocycles. The van der Waals surface area contributed by atoms with Crippen molar-refractivity contribution >= 4 is 17.0 Å². The molecule has 1 amide bonds. The van der Waals surface area contributed by atoms with E-state index in [1.54, 1.807) is 32.4 Å². The fraction of sp³-hybridized carbons (Fsp3) is 0.222. The zero-order valence-corrected chi connectivity index (χ0v) is 13.5. The van der Waals surface area contributed by atoms with Gasteiger partial charge in [-0.2, -0.15) is 0 Å². The zero-order valence-electron chi connectivity index (χ0n) is 13.5. The van der Waals surface area contributed by atoms with Gasteiger partial charge in [0.05, 0.1) is 14.2 Å². The molecule has 0 bridgehead atoms. The third-order valence-corrected chi connectivity index (χ3v) is 3.71. The summed E-state index contributed by atoms with van der Waals surface area (Å²) in [6.07, 6.45) is 2.12. The molecular weight excluding hydrogens is 308 g/mol. The minimum Gasteiger partial charge on any atom is -0.497 e. The summed E-state index contributed by atoms with van der Waals surface area (Å²) in [7, 11) is 3.10. The van der Waals surface area contributed by atoms with Crippen molar-refractivity contribution in [3.8, 4) is 11.5 Å². The Bertz CT molecular complexity index is 835. The Hall–Kier alpha value is -3.02. The maximum atomic E-state index is 12.3. The van der Waals surface area contributed by atoms with Gasteiger partial charge in [-0.1, -0.05) is 6.07 Å². The zero-order chi connectivity index (χ0) is 16.9. The fourth-order valence-corrected chi connectivity index (χ4v) is 2.42. The lowest BCUT2D eigenvalue weighted by molar-refractivity contribution is 0.0953. The summed E-state index contributed by atoms with van der Waals surface area (Å²) in [6, 6.07) is 10.9. The van der Waals surface area contributed by atoms with Crippen LogP contribution in [0.3, 0.4) is 0 Å². The molecule has 0 aliphatic rings. The van der Waals surface area contributed by atoms with Gasteiger partial charge in [-0.3, -0.25) is 4.79 Å². The first-order valence-electron chi connectivity index (χ1n) is 7.53. The number of aromatic nitrogens is 1. The van der Waals surface area contributed by atoms with Gasteiger partial charge in [-0.05, 0) is 36.2 Å². The van der Waals surface area contributed by atoms with Crippen LogP contribution >= 0.6 is 0 Å². The lowest BCUT2D eigenvalue weighted by Gasteiger charge is -2.09. The first-order valence-corrected chi connectivity index (χ1v) is 7.53. The maximum Gasteiger partial charge on any atom is 0.251 e. The molecule has 2 aromatic carbocycles. The van der Waals surface area contributed by atoms with Gasteiger partial charge in [-0.15, -0.1) is 0 Å². The van der Waals surface area contributed by atoms with Crippen LogP contribution < -0.4 is 14.8 Å². The number of hydrogen-bond donors (Lipinski definition) is 1. The highest BCUT2D eigenvalue weighted by Gasteiger charge is 2.09. The first-order chi connectivity index (χ1) is 11.7. The Morgan fingerprint density at radius 3 is 2.58 bits per heavy atom. The molecule has 0 aliphatic heterocycles. The second-order valence-electron chi connectivity index (χ2n) is 5.26. The van der Waals surface area contributed by atoms with Crippen LogP contribution in [0.15, 0.2) is 47.2 Å². The predicted octanol–water partition coefficient (Wildman–Crippen LogP) is 2.82. The summed E-state index contributed by atoms with van der Waals surface area (Å²) in [4.78, 5) is 16.4. The smallest absolute Gasteiger partial charge is 0.251 e. The molecular formula is C18H18N2O4. The number of nitrogens with one attached hydrogen (secondary N) is 1. The van der Waals surface area contributed by atoms with E-state index in [0.717, 1.165) is 16.7 Å². The van der Waals surface area contributed by atoms with E-state index in [1.165, 1.54) is 6.39 Å². The lowest BCUT2D eigenvalue weighted by atomic mass is 10.1. The number of nitrogens with zero attached hydrogens (tertiary/aromatic N) is 1. The van der Waals surface area contributed by atoms with Gasteiger partial charge in [0.2, 0.25) is 0 Å². The third-order valence-electron chi connectivity index (χ3n) is 3.71. The van der Waals surface area contributed by atoms with Crippen molar-refractivity contribution in [3.05, 3.63) is 53.9 Å². The van der Waals surface area contributed by atoms with Crippen LogP contribution in [0.4, 0.5) is 0 Å². The Labute approximate surface area is 139 Å². The largest absolute Gasteiger partial charge is 0.497 e. The monoisotopic (exact) mass is 326 g/mol. The Kier molecular flexibility index (Phi) is 4.65. The standard InChI is InChI=1S/C18H18N2O4/c1-22-14-8-13(9-15(10-14)23-2)18(21)19-6-5-12-3-4-16-17(7-12)24-11-20-16/h3-4,7-11H,5-6H2,1-2H3,(H,19,21). The van der Waals surface area contributed by atoms with Crippen molar-refractivity contribution in [1.29, 1.82) is 0 Å². The Morgan fingerprint density at radius 1 is 1.12 bits per heavy atom. The molecule has 0 saturated heterocycles. The average Bonchev–Trinajstić information content (AvgIpc) is 3.08. The molecule has 0 radical (unpaired) electrons. The molecule has 1 aromatic heterocycles. The number of fused-ring (bicyclic) bond motifs is 1. The van der Waals surface area contributed by atoms with E-state index in [1.807, 2.05) is 18.2 Å². The summed E-state index contributed by atoms with van der Waals surface area (Å²) in [5.74, 6) is 0.985. The molecule has 0 atom stereocenters. The van der Waals surface area contributed by atoms with Crippen LogP contribution in [0.1, 0.15) is 15.9 Å². The molecule has 6 heteroatoms. The van der Waals surface area contributed by atoms with Crippen LogP contribution in [-0.2, 0) is 6.42 Å². The topological polar surface area (TPSA) is 73.6 Å². The summed E-state index contributed by atoms with van der Waals surface area (Å²) >= 11 is 0. The molecule has 3 aromatic rings. The summed E-state index contributed by atoms with van der Waals surface area (Å²) in [6.45, 7) is 0.512. The highest BCUT2D eigenvalue weighted by atomic mass is 16.5. The molecule has 24 heavy (non-hydrogen) atoms. The summed E-state index contributed by atoms with van der Waals surface area (Å²) in [5.41, 5.74) is 3.14. The van der Waals surface area contributed by atoms with Crippen molar-refractivity contribution in [3.63, 3.8) is 0 Å². The quantitative estimate of drug-likeness (QED) is 0.754. The number of benzene rings is 2. The molecule has 0 spiro atoms. The maximum absolute atomic E-state index is 12.3. The van der Waals surface area contributed by atoms with Crippen molar-refractivity contribution in [1.82, 2.24) is 10.3 Å². The Balaban J connectivity index is 1.62. The highest BCUT2D eigenvalue weighted by Crippen LogP contribution is 2.22. The minimum atomic E-state index is -0.173. The van der Waals surface area contributed by atoms with Gasteiger partial charge in [0, 0.05) is 18.2 Å². The van der Waals surface area contributed by atoms with Crippen LogP contribution in [0.5, 0.6) is 11.5 Å². The van der Waals surface area contributed by atoms with Crippen molar-refractivity contribution in [2.75, 3.05) is 20.8 Å². The number of methoxy groups -OCH3 is 2. The van der Waals surface area contributed by atoms with E-state index in [0.29, 0.717) is 30.0 Å². The van der Waals surface area contributed by atoms with E-state index in [-0.39, 0.29) is 5.91 Å². The number of ether oxygens (including phenoxy) is 2. The van der Waals surface area contributed by atoms with E-state index in [9.17, 15) is 4.79 Å². The first kappa shape index (κ1) is 15.9. The van der Waals surface area contributed by atoms with Crippen LogP contribution in [-0.4, -0.2) is 31.7 Å². The van der Waals surface area contributed by atoms with Gasteiger partial charge in [0.1, 0.15) is 17.0 Å². The van der Waals surface area contributed by atoms with Gasteiger partial charge < -0.3 is 19.2 Å². The third kappa shape index (κ3) is 3.48. The van der Waals surface area contributed by atoms with Gasteiger partial charge in [-0.25, -0.2) is 4.98 Å². The number of carbonyl (C=O) groups is 1. The molecule has 124 valence electrons. The van der Waals surface area contributed by atoms with Crippen molar-refractivity contribution in [2.45, 2.75) is 6.42 Å². The van der Waals surface area contributed by atoms with Crippen molar-refractivity contribution < 1.29 is 18.7 Å². The van der Waals surface area contributed by atoms with E-state index >= 15 is 0 Å². The predicted molar refractivity (Wildman–Crippen MR) is 89.6 cm³/mol. The second kappa shape index (κ2) is 7.04. The molecule has 1 N–H and O–H groups in total. The van der Waals surface area contributed by atoms with E-state index in [2.05, 4.69) is 10.3 Å². The van der Waals surface area contributed by atoms with Crippen molar-refractivity contribution in [2.24, 2.45) is 0 Å². The number of rotatable bonds is 6. The van der Waals surface area contributed by atoms with E-state index < -0.39 is 0 Å². The average molecular weight is 326 g/mol. The number of carbonyl (C=O) groups excluding carboxylic acids is 1. The highest BCUT2D eigenvalue weighted by molar-refractivity contribution is 5.95. The SMILES string of the molecule is COc1cc(OC)cc(C(=O)NCCc2ccc3ncoc3c2)c1.